The van der Waals surface area contributed by atoms with E-state index >= 15 is 0 Å². The third-order valence-electron chi connectivity index (χ3n) is 3.84. The molecule has 3 N–H and O–H groups in total. The molecule has 1 atom stereocenters. The van der Waals surface area contributed by atoms with Crippen molar-refractivity contribution >= 4 is 11.8 Å². The first kappa shape index (κ1) is 16.3. The molecule has 0 aliphatic heterocycles. The molecule has 22 heavy (non-hydrogen) atoms. The highest BCUT2D eigenvalue weighted by Crippen LogP contribution is 2.36. The highest BCUT2D eigenvalue weighted by molar-refractivity contribution is 5.79. The van der Waals surface area contributed by atoms with E-state index in [2.05, 4.69) is 10.6 Å². The highest BCUT2D eigenvalue weighted by Gasteiger charge is 2.25. The molecule has 5 heteroatoms. The summed E-state index contributed by atoms with van der Waals surface area (Å²) < 4.78 is 0. The van der Waals surface area contributed by atoms with E-state index in [1.807, 2.05) is 19.9 Å². The minimum Gasteiger partial charge on any atom is -0.508 e. The van der Waals surface area contributed by atoms with Gasteiger partial charge < -0.3 is 15.7 Å². The molecule has 120 valence electrons. The minimum atomic E-state index is -0.0430. The number of fused-ring (bicyclic) bond motifs is 1. The average Bonchev–Trinajstić information content (AvgIpc) is 2.82. The standard InChI is InChI=1S/C17H24N2O3/c1-11(2)18-16(21)7-4-8-17(22)19-14-10-9-13-12(14)5-3-6-15(13)20/h3,5-6,11,14,20H,4,7-10H2,1-2H3,(H,18,21)(H,19,22)/t14-/m0/s1. The molecule has 0 aromatic heterocycles. The van der Waals surface area contributed by atoms with Crippen LogP contribution in [0.15, 0.2) is 18.2 Å². The van der Waals surface area contributed by atoms with Crippen molar-refractivity contribution in [2.45, 2.75) is 58.0 Å². The van der Waals surface area contributed by atoms with Gasteiger partial charge in [0.15, 0.2) is 0 Å². The number of hydrogen-bond donors (Lipinski definition) is 3. The zero-order chi connectivity index (χ0) is 16.1. The first-order valence-corrected chi connectivity index (χ1v) is 7.87. The summed E-state index contributed by atoms with van der Waals surface area (Å²) in [6.07, 6.45) is 2.85. The quantitative estimate of drug-likeness (QED) is 0.754. The number of nitrogens with one attached hydrogen (secondary N) is 2. The Morgan fingerprint density at radius 3 is 2.73 bits per heavy atom. The fraction of sp³-hybridized carbons (Fsp3) is 0.529. The Hall–Kier alpha value is -2.04. The van der Waals surface area contributed by atoms with Crippen molar-refractivity contribution in [2.24, 2.45) is 0 Å². The first-order chi connectivity index (χ1) is 10.5. The lowest BCUT2D eigenvalue weighted by molar-refractivity contribution is -0.123. The van der Waals surface area contributed by atoms with Gasteiger partial charge in [0, 0.05) is 18.9 Å². The lowest BCUT2D eigenvalue weighted by Gasteiger charge is -2.14. The molecular formula is C17H24N2O3. The van der Waals surface area contributed by atoms with Gasteiger partial charge >= 0.3 is 0 Å². The SMILES string of the molecule is CC(C)NC(=O)CCCC(=O)N[C@H]1CCc2c(O)cccc21. The van der Waals surface area contributed by atoms with Crippen molar-refractivity contribution in [1.29, 1.82) is 0 Å². The Morgan fingerprint density at radius 2 is 2.00 bits per heavy atom. The molecule has 1 aliphatic rings. The van der Waals surface area contributed by atoms with E-state index in [1.54, 1.807) is 12.1 Å². The van der Waals surface area contributed by atoms with E-state index in [1.165, 1.54) is 0 Å². The van der Waals surface area contributed by atoms with Crippen LogP contribution in [0.25, 0.3) is 0 Å². The molecule has 0 spiro atoms. The minimum absolute atomic E-state index is 0.0149. The predicted octanol–water partition coefficient (Wildman–Crippen LogP) is 2.19. The van der Waals surface area contributed by atoms with Gasteiger partial charge in [-0.25, -0.2) is 0 Å². The molecule has 1 aromatic carbocycles. The third kappa shape index (κ3) is 4.23. The van der Waals surface area contributed by atoms with E-state index in [4.69, 9.17) is 0 Å². The normalized spacial score (nSPS) is 16.4. The van der Waals surface area contributed by atoms with Crippen LogP contribution in [0.3, 0.4) is 0 Å². The molecule has 0 fully saturated rings. The van der Waals surface area contributed by atoms with Crippen molar-refractivity contribution in [2.75, 3.05) is 0 Å². The third-order valence-corrected chi connectivity index (χ3v) is 3.84. The largest absolute Gasteiger partial charge is 0.508 e. The zero-order valence-corrected chi connectivity index (χ0v) is 13.2. The van der Waals surface area contributed by atoms with Crippen LogP contribution in [0.1, 0.15) is 56.7 Å². The number of carbonyl (C=O) groups excluding carboxylic acids is 2. The number of amides is 2. The van der Waals surface area contributed by atoms with Gasteiger partial charge in [-0.3, -0.25) is 9.59 Å². The summed E-state index contributed by atoms with van der Waals surface area (Å²) in [5.74, 6) is 0.247. The van der Waals surface area contributed by atoms with Gasteiger partial charge in [0.25, 0.3) is 0 Å². The summed E-state index contributed by atoms with van der Waals surface area (Å²) >= 11 is 0. The topological polar surface area (TPSA) is 78.4 Å². The highest BCUT2D eigenvalue weighted by atomic mass is 16.3. The Bertz CT molecular complexity index is 555. The van der Waals surface area contributed by atoms with Crippen LogP contribution < -0.4 is 10.6 Å². The first-order valence-electron chi connectivity index (χ1n) is 7.87. The molecule has 0 unspecified atom stereocenters. The van der Waals surface area contributed by atoms with Gasteiger partial charge in [-0.15, -0.1) is 0 Å². The Morgan fingerprint density at radius 1 is 1.27 bits per heavy atom. The second-order valence-electron chi connectivity index (χ2n) is 6.08. The molecule has 1 aliphatic carbocycles. The van der Waals surface area contributed by atoms with Crippen LogP contribution in [0.4, 0.5) is 0 Å². The van der Waals surface area contributed by atoms with Gasteiger partial charge in [0.05, 0.1) is 6.04 Å². The predicted molar refractivity (Wildman–Crippen MR) is 84.4 cm³/mol. The molecule has 0 saturated carbocycles. The van der Waals surface area contributed by atoms with Crippen LogP contribution in [0, 0.1) is 0 Å². The summed E-state index contributed by atoms with van der Waals surface area (Å²) in [5, 5.41) is 15.6. The number of benzene rings is 1. The van der Waals surface area contributed by atoms with Crippen LogP contribution in [-0.2, 0) is 16.0 Å². The second-order valence-corrected chi connectivity index (χ2v) is 6.08. The molecule has 0 heterocycles. The van der Waals surface area contributed by atoms with Crippen molar-refractivity contribution in [3.63, 3.8) is 0 Å². The summed E-state index contributed by atoms with van der Waals surface area (Å²) in [5.41, 5.74) is 1.94. The van der Waals surface area contributed by atoms with Gasteiger partial charge in [0.1, 0.15) is 5.75 Å². The Kier molecular flexibility index (Phi) is 5.41. The molecule has 0 saturated heterocycles. The Balaban J connectivity index is 1.78. The van der Waals surface area contributed by atoms with Crippen LogP contribution in [-0.4, -0.2) is 23.0 Å². The monoisotopic (exact) mass is 304 g/mol. The van der Waals surface area contributed by atoms with Gasteiger partial charge in [-0.2, -0.15) is 0 Å². The summed E-state index contributed by atoms with van der Waals surface area (Å²) in [7, 11) is 0. The Labute approximate surface area is 131 Å². The number of phenols is 1. The van der Waals surface area contributed by atoms with E-state index < -0.39 is 0 Å². The molecule has 0 radical (unpaired) electrons. The van der Waals surface area contributed by atoms with Crippen molar-refractivity contribution in [3.05, 3.63) is 29.3 Å². The van der Waals surface area contributed by atoms with Crippen molar-refractivity contribution in [3.8, 4) is 5.75 Å². The van der Waals surface area contributed by atoms with Gasteiger partial charge in [0.2, 0.25) is 11.8 Å². The summed E-state index contributed by atoms with van der Waals surface area (Å²) in [6, 6.07) is 5.53. The maximum absolute atomic E-state index is 12.0. The number of carbonyl (C=O) groups is 2. The molecule has 2 amide bonds. The number of aromatic hydroxyl groups is 1. The summed E-state index contributed by atoms with van der Waals surface area (Å²) in [6.45, 7) is 3.83. The molecule has 0 bridgehead atoms. The van der Waals surface area contributed by atoms with E-state index in [-0.39, 0.29) is 23.9 Å². The van der Waals surface area contributed by atoms with Crippen molar-refractivity contribution in [1.82, 2.24) is 10.6 Å². The molecular weight excluding hydrogens is 280 g/mol. The van der Waals surface area contributed by atoms with E-state index in [0.717, 1.165) is 24.0 Å². The van der Waals surface area contributed by atoms with Crippen LogP contribution >= 0.6 is 0 Å². The number of phenolic OH excluding ortho intramolecular Hbond substituents is 1. The summed E-state index contributed by atoms with van der Waals surface area (Å²) in [4.78, 5) is 23.5. The maximum atomic E-state index is 12.0. The van der Waals surface area contributed by atoms with Crippen LogP contribution in [0.5, 0.6) is 5.75 Å². The second kappa shape index (κ2) is 7.29. The van der Waals surface area contributed by atoms with Gasteiger partial charge in [-0.05, 0) is 50.3 Å². The number of hydrogen-bond acceptors (Lipinski definition) is 3. The molecule has 2 rings (SSSR count). The lowest BCUT2D eigenvalue weighted by Crippen LogP contribution is -2.30. The average molecular weight is 304 g/mol. The fourth-order valence-electron chi connectivity index (χ4n) is 2.86. The van der Waals surface area contributed by atoms with Gasteiger partial charge in [-0.1, -0.05) is 12.1 Å². The fourth-order valence-corrected chi connectivity index (χ4v) is 2.86. The maximum Gasteiger partial charge on any atom is 0.220 e. The lowest BCUT2D eigenvalue weighted by atomic mass is 10.1. The molecule has 5 nitrogen and oxygen atoms in total. The van der Waals surface area contributed by atoms with Crippen molar-refractivity contribution < 1.29 is 14.7 Å². The smallest absolute Gasteiger partial charge is 0.220 e. The molecule has 1 aromatic rings. The zero-order valence-electron chi connectivity index (χ0n) is 13.2. The van der Waals surface area contributed by atoms with Crippen LogP contribution in [0.2, 0.25) is 0 Å². The van der Waals surface area contributed by atoms with E-state index in [0.29, 0.717) is 25.0 Å². The number of rotatable bonds is 6. The van der Waals surface area contributed by atoms with E-state index in [9.17, 15) is 14.7 Å².